The lowest BCUT2D eigenvalue weighted by Gasteiger charge is -2.24. The largest absolute Gasteiger partial charge is 0.298 e. The molecule has 0 heterocycles. The Morgan fingerprint density at radius 1 is 1.70 bits per heavy atom. The zero-order valence-corrected chi connectivity index (χ0v) is 7.86. The third-order valence-electron chi connectivity index (χ3n) is 2.24. The van der Waals surface area contributed by atoms with E-state index < -0.39 is 0 Å². The van der Waals surface area contributed by atoms with E-state index in [0.29, 0.717) is 11.7 Å². The van der Waals surface area contributed by atoms with E-state index >= 15 is 0 Å². The Morgan fingerprint density at radius 3 is 2.90 bits per heavy atom. The monoisotopic (exact) mass is 204 g/mol. The number of ketones is 1. The van der Waals surface area contributed by atoms with Crippen LogP contribution < -0.4 is 0 Å². The molecular formula is C8H13BrO. The summed E-state index contributed by atoms with van der Waals surface area (Å²) in [5.41, 5.74) is 0. The van der Waals surface area contributed by atoms with Gasteiger partial charge in [0, 0.05) is 6.42 Å². The van der Waals surface area contributed by atoms with Gasteiger partial charge < -0.3 is 0 Å². The molecule has 1 fully saturated rings. The van der Waals surface area contributed by atoms with E-state index in [1.54, 1.807) is 0 Å². The molecule has 0 bridgehead atoms. The molecule has 1 saturated carbocycles. The highest BCUT2D eigenvalue weighted by molar-refractivity contribution is 9.10. The number of rotatable bonds is 1. The summed E-state index contributed by atoms with van der Waals surface area (Å²) in [5.74, 6) is 0.999. The van der Waals surface area contributed by atoms with Gasteiger partial charge in [-0.25, -0.2) is 0 Å². The van der Waals surface area contributed by atoms with Crippen LogP contribution in [0.25, 0.3) is 0 Å². The molecule has 0 aromatic carbocycles. The van der Waals surface area contributed by atoms with Crippen LogP contribution in [0.1, 0.15) is 32.6 Å². The Morgan fingerprint density at radius 2 is 2.40 bits per heavy atom. The summed E-state index contributed by atoms with van der Waals surface area (Å²) < 4.78 is 0. The van der Waals surface area contributed by atoms with Gasteiger partial charge in [-0.2, -0.15) is 0 Å². The Balaban J connectivity index is 2.51. The summed E-state index contributed by atoms with van der Waals surface area (Å²) in [5, 5.41) is 0. The van der Waals surface area contributed by atoms with Crippen LogP contribution in [0.3, 0.4) is 0 Å². The van der Waals surface area contributed by atoms with E-state index in [-0.39, 0.29) is 4.83 Å². The van der Waals surface area contributed by atoms with Crippen LogP contribution >= 0.6 is 15.9 Å². The first-order chi connectivity index (χ1) is 4.75. The van der Waals surface area contributed by atoms with Crippen molar-refractivity contribution in [2.45, 2.75) is 37.4 Å². The highest BCUT2D eigenvalue weighted by Crippen LogP contribution is 2.29. The van der Waals surface area contributed by atoms with Crippen LogP contribution in [-0.2, 0) is 4.79 Å². The molecule has 0 N–H and O–H groups in total. The van der Waals surface area contributed by atoms with Crippen molar-refractivity contribution < 1.29 is 4.79 Å². The molecule has 1 rings (SSSR count). The maximum absolute atomic E-state index is 11.1. The van der Waals surface area contributed by atoms with Crippen molar-refractivity contribution in [1.82, 2.24) is 0 Å². The first-order valence-electron chi connectivity index (χ1n) is 3.92. The second-order valence-electron chi connectivity index (χ2n) is 2.93. The van der Waals surface area contributed by atoms with E-state index in [1.807, 2.05) is 0 Å². The minimum Gasteiger partial charge on any atom is -0.298 e. The fraction of sp³-hybridized carbons (Fsp3) is 0.875. The third kappa shape index (κ3) is 1.60. The number of carbonyl (C=O) groups excluding carboxylic acids is 1. The van der Waals surface area contributed by atoms with Gasteiger partial charge in [-0.15, -0.1) is 0 Å². The molecule has 0 amide bonds. The van der Waals surface area contributed by atoms with Gasteiger partial charge in [0.05, 0.1) is 4.83 Å². The van der Waals surface area contributed by atoms with Crippen LogP contribution in [-0.4, -0.2) is 10.6 Å². The molecule has 0 aliphatic heterocycles. The first-order valence-corrected chi connectivity index (χ1v) is 4.84. The lowest BCUT2D eigenvalue weighted by atomic mass is 9.86. The molecule has 0 spiro atoms. The first kappa shape index (κ1) is 8.25. The molecule has 0 aromatic heterocycles. The smallest absolute Gasteiger partial charge is 0.146 e. The van der Waals surface area contributed by atoms with E-state index in [4.69, 9.17) is 0 Å². The lowest BCUT2D eigenvalue weighted by Crippen LogP contribution is -2.27. The van der Waals surface area contributed by atoms with Crippen molar-refractivity contribution >= 4 is 21.7 Å². The van der Waals surface area contributed by atoms with Crippen molar-refractivity contribution in [1.29, 1.82) is 0 Å². The number of alkyl halides is 1. The summed E-state index contributed by atoms with van der Waals surface area (Å²) in [6.45, 7) is 2.15. The average molecular weight is 205 g/mol. The van der Waals surface area contributed by atoms with E-state index in [1.165, 1.54) is 6.42 Å². The summed E-state index contributed by atoms with van der Waals surface area (Å²) >= 11 is 3.43. The minimum absolute atomic E-state index is 0.159. The summed E-state index contributed by atoms with van der Waals surface area (Å²) in [6, 6.07) is 0. The molecule has 0 aromatic rings. The average Bonchev–Trinajstić information content (AvgIpc) is 1.95. The molecule has 1 aliphatic carbocycles. The number of halogens is 1. The summed E-state index contributed by atoms with van der Waals surface area (Å²) in [6.07, 6.45) is 4.23. The Hall–Kier alpha value is 0.150. The van der Waals surface area contributed by atoms with Crippen molar-refractivity contribution in [3.63, 3.8) is 0 Å². The van der Waals surface area contributed by atoms with Crippen LogP contribution in [0.15, 0.2) is 0 Å². The van der Waals surface area contributed by atoms with Gasteiger partial charge in [-0.3, -0.25) is 4.79 Å². The molecule has 0 unspecified atom stereocenters. The van der Waals surface area contributed by atoms with Gasteiger partial charge in [0.1, 0.15) is 5.78 Å². The fourth-order valence-corrected chi connectivity index (χ4v) is 2.36. The van der Waals surface area contributed by atoms with Crippen molar-refractivity contribution in [2.75, 3.05) is 0 Å². The minimum atomic E-state index is 0.159. The van der Waals surface area contributed by atoms with Crippen LogP contribution in [0, 0.1) is 5.92 Å². The third-order valence-corrected chi connectivity index (χ3v) is 3.50. The van der Waals surface area contributed by atoms with Gasteiger partial charge in [0.25, 0.3) is 0 Å². The molecule has 10 heavy (non-hydrogen) atoms. The van der Waals surface area contributed by atoms with Gasteiger partial charge in [0.2, 0.25) is 0 Å². The van der Waals surface area contributed by atoms with Crippen molar-refractivity contribution in [3.05, 3.63) is 0 Å². The SMILES string of the molecule is CC[C@H]1CCCC(=O)[C@H]1Br. The zero-order chi connectivity index (χ0) is 7.56. The predicted molar refractivity (Wildman–Crippen MR) is 45.4 cm³/mol. The second-order valence-corrected chi connectivity index (χ2v) is 3.92. The normalized spacial score (nSPS) is 34.4. The molecular weight excluding hydrogens is 192 g/mol. The molecule has 2 heteroatoms. The lowest BCUT2D eigenvalue weighted by molar-refractivity contribution is -0.120. The zero-order valence-electron chi connectivity index (χ0n) is 6.27. The maximum Gasteiger partial charge on any atom is 0.146 e. The molecule has 2 atom stereocenters. The van der Waals surface area contributed by atoms with Crippen molar-refractivity contribution in [3.8, 4) is 0 Å². The number of hydrogen-bond acceptors (Lipinski definition) is 1. The van der Waals surface area contributed by atoms with Crippen LogP contribution in [0.2, 0.25) is 0 Å². The summed E-state index contributed by atoms with van der Waals surface area (Å²) in [4.78, 5) is 11.3. The number of Topliss-reactive ketones (excluding diaryl/α,β-unsaturated/α-hetero) is 1. The summed E-state index contributed by atoms with van der Waals surface area (Å²) in [7, 11) is 0. The van der Waals surface area contributed by atoms with Gasteiger partial charge in [-0.1, -0.05) is 29.3 Å². The number of hydrogen-bond donors (Lipinski definition) is 0. The molecule has 1 aliphatic rings. The van der Waals surface area contributed by atoms with E-state index in [0.717, 1.165) is 19.3 Å². The number of carbonyl (C=O) groups is 1. The predicted octanol–water partition coefficient (Wildman–Crippen LogP) is 2.53. The van der Waals surface area contributed by atoms with Gasteiger partial charge in [-0.05, 0) is 18.8 Å². The molecule has 0 radical (unpaired) electrons. The standard InChI is InChI=1S/C8H13BrO/c1-2-6-4-3-5-7(10)8(6)9/h6,8H,2-5H2,1H3/t6-,8-/m0/s1. The van der Waals surface area contributed by atoms with Gasteiger partial charge >= 0.3 is 0 Å². The highest BCUT2D eigenvalue weighted by Gasteiger charge is 2.27. The quantitative estimate of drug-likeness (QED) is 0.601. The molecule has 1 nitrogen and oxygen atoms in total. The Kier molecular flexibility index (Phi) is 2.90. The topological polar surface area (TPSA) is 17.1 Å². The molecule has 58 valence electrons. The van der Waals surface area contributed by atoms with Crippen LogP contribution in [0.5, 0.6) is 0 Å². The van der Waals surface area contributed by atoms with E-state index in [9.17, 15) is 4.79 Å². The highest BCUT2D eigenvalue weighted by atomic mass is 79.9. The molecule has 0 saturated heterocycles. The fourth-order valence-electron chi connectivity index (χ4n) is 1.50. The Bertz CT molecular complexity index is 133. The Labute approximate surface area is 70.3 Å². The maximum atomic E-state index is 11.1. The van der Waals surface area contributed by atoms with Crippen molar-refractivity contribution in [2.24, 2.45) is 5.92 Å². The van der Waals surface area contributed by atoms with Gasteiger partial charge in [0.15, 0.2) is 0 Å². The van der Waals surface area contributed by atoms with E-state index in [2.05, 4.69) is 22.9 Å². The second kappa shape index (κ2) is 3.51. The van der Waals surface area contributed by atoms with Crippen LogP contribution in [0.4, 0.5) is 0 Å².